The van der Waals surface area contributed by atoms with Crippen LogP contribution in [0.3, 0.4) is 0 Å². The molecule has 1 saturated heterocycles. The van der Waals surface area contributed by atoms with Crippen LogP contribution in [0.25, 0.3) is 0 Å². The van der Waals surface area contributed by atoms with Gasteiger partial charge in [0, 0.05) is 54.7 Å². The molecule has 1 saturated carbocycles. The van der Waals surface area contributed by atoms with E-state index in [1.165, 1.54) is 12.1 Å². The van der Waals surface area contributed by atoms with Gasteiger partial charge in [0.1, 0.15) is 18.2 Å². The zero-order chi connectivity index (χ0) is 24.8. The molecule has 1 aliphatic heterocycles. The van der Waals surface area contributed by atoms with Gasteiger partial charge in [0.05, 0.1) is 11.0 Å². The summed E-state index contributed by atoms with van der Waals surface area (Å²) in [4.78, 5) is 27.2. The van der Waals surface area contributed by atoms with Crippen LogP contribution in [0.15, 0.2) is 42.5 Å². The van der Waals surface area contributed by atoms with Crippen molar-refractivity contribution in [1.82, 2.24) is 4.90 Å². The molecule has 0 spiro atoms. The molecule has 1 heterocycles. The molecular weight excluding hydrogens is 470 g/mol. The van der Waals surface area contributed by atoms with Gasteiger partial charge in [-0.3, -0.25) is 14.9 Å². The minimum atomic E-state index is -0.550. The Labute approximate surface area is 209 Å². The molecule has 2 aromatic rings. The number of halogens is 1. The monoisotopic (exact) mass is 497 g/mol. The number of nitro benzene ring substituents is 1. The smallest absolute Gasteiger partial charge is 0.287 e. The van der Waals surface area contributed by atoms with Gasteiger partial charge >= 0.3 is 0 Å². The second-order valence-corrected chi connectivity index (χ2v) is 9.31. The molecule has 0 atom stereocenters. The summed E-state index contributed by atoms with van der Waals surface area (Å²) in [7, 11) is 0. The Balaban J connectivity index is 1.17. The minimum absolute atomic E-state index is 0.0240. The fourth-order valence-corrected chi connectivity index (χ4v) is 4.76. The molecule has 4 rings (SSSR count). The summed E-state index contributed by atoms with van der Waals surface area (Å²) in [5.74, 6) is 0.0240. The van der Waals surface area contributed by atoms with Gasteiger partial charge in [-0.05, 0) is 62.1 Å². The number of carbonyl (C=O) groups is 1. The van der Waals surface area contributed by atoms with Gasteiger partial charge in [0.2, 0.25) is 5.91 Å². The van der Waals surface area contributed by atoms with E-state index in [9.17, 15) is 14.9 Å². The second-order valence-electron chi connectivity index (χ2n) is 8.87. The van der Waals surface area contributed by atoms with Crippen LogP contribution in [-0.2, 0) is 9.53 Å². The molecule has 1 aliphatic carbocycles. The Hall–Kier alpha value is -3.35. The van der Waals surface area contributed by atoms with Crippen LogP contribution in [0.4, 0.5) is 17.1 Å². The Kier molecular flexibility index (Phi) is 8.06. The lowest BCUT2D eigenvalue weighted by Crippen LogP contribution is -2.50. The summed E-state index contributed by atoms with van der Waals surface area (Å²) in [5.41, 5.74) is 1.67. The summed E-state index contributed by atoms with van der Waals surface area (Å²) in [5, 5.41) is 24.2. The zero-order valence-corrected chi connectivity index (χ0v) is 20.1. The normalized spacial score (nSPS) is 20.2. The van der Waals surface area contributed by atoms with Crippen molar-refractivity contribution in [2.24, 2.45) is 0 Å². The SMILES string of the molecule is N#Cc1cc(N[C@H]2CC[C@H](OCC(=O)N3CCN(c4ccc(Cl)cc4)CC3)CC2)ccc1[N+](=O)[O-]. The summed E-state index contributed by atoms with van der Waals surface area (Å²) >= 11 is 5.96. The first-order valence-corrected chi connectivity index (χ1v) is 12.2. The van der Waals surface area contributed by atoms with Crippen LogP contribution in [0, 0.1) is 21.4 Å². The second kappa shape index (κ2) is 11.4. The van der Waals surface area contributed by atoms with Gasteiger partial charge in [-0.15, -0.1) is 0 Å². The van der Waals surface area contributed by atoms with Gasteiger partial charge in [0.25, 0.3) is 5.69 Å². The highest BCUT2D eigenvalue weighted by molar-refractivity contribution is 6.30. The Bertz CT molecular complexity index is 1090. The lowest BCUT2D eigenvalue weighted by molar-refractivity contribution is -0.385. The molecule has 35 heavy (non-hydrogen) atoms. The van der Waals surface area contributed by atoms with Gasteiger partial charge in [-0.1, -0.05) is 11.6 Å². The number of piperazine rings is 1. The first kappa shape index (κ1) is 24.8. The molecule has 1 amide bonds. The van der Waals surface area contributed by atoms with E-state index in [1.54, 1.807) is 6.07 Å². The van der Waals surface area contributed by atoms with Crippen molar-refractivity contribution >= 4 is 34.6 Å². The number of benzene rings is 2. The summed E-state index contributed by atoms with van der Waals surface area (Å²) < 4.78 is 5.93. The average molecular weight is 498 g/mol. The highest BCUT2D eigenvalue weighted by atomic mass is 35.5. The van der Waals surface area contributed by atoms with Gasteiger partial charge in [-0.25, -0.2) is 0 Å². The molecule has 0 bridgehead atoms. The van der Waals surface area contributed by atoms with Crippen LogP contribution >= 0.6 is 11.6 Å². The van der Waals surface area contributed by atoms with Crippen molar-refractivity contribution in [3.8, 4) is 6.07 Å². The first-order valence-electron chi connectivity index (χ1n) is 11.8. The number of ether oxygens (including phenoxy) is 1. The maximum Gasteiger partial charge on any atom is 0.287 e. The third-order valence-corrected chi connectivity index (χ3v) is 6.88. The van der Waals surface area contributed by atoms with E-state index in [-0.39, 0.29) is 35.9 Å². The summed E-state index contributed by atoms with van der Waals surface area (Å²) in [6, 6.07) is 14.3. The molecule has 2 aliphatic rings. The van der Waals surface area contributed by atoms with Crippen LogP contribution in [-0.4, -0.2) is 60.7 Å². The van der Waals surface area contributed by atoms with E-state index >= 15 is 0 Å². The number of nitro groups is 1. The predicted molar refractivity (Wildman–Crippen MR) is 134 cm³/mol. The molecule has 184 valence electrons. The maximum atomic E-state index is 12.6. The lowest BCUT2D eigenvalue weighted by Gasteiger charge is -2.36. The van der Waals surface area contributed by atoms with Crippen LogP contribution in [0.1, 0.15) is 31.2 Å². The highest BCUT2D eigenvalue weighted by Gasteiger charge is 2.25. The van der Waals surface area contributed by atoms with E-state index in [2.05, 4.69) is 10.2 Å². The Morgan fingerprint density at radius 2 is 1.80 bits per heavy atom. The number of amides is 1. The van der Waals surface area contributed by atoms with Crippen molar-refractivity contribution in [3.63, 3.8) is 0 Å². The number of nitriles is 1. The third kappa shape index (κ3) is 6.41. The fourth-order valence-electron chi connectivity index (χ4n) is 4.63. The number of carbonyl (C=O) groups excluding carboxylic acids is 1. The van der Waals surface area contributed by atoms with Crippen molar-refractivity contribution in [2.45, 2.75) is 37.8 Å². The van der Waals surface area contributed by atoms with E-state index in [4.69, 9.17) is 21.6 Å². The summed E-state index contributed by atoms with van der Waals surface area (Å²) in [6.45, 7) is 2.99. The maximum absolute atomic E-state index is 12.6. The average Bonchev–Trinajstić information content (AvgIpc) is 2.88. The number of nitrogens with zero attached hydrogens (tertiary/aromatic N) is 4. The van der Waals surface area contributed by atoms with Crippen LogP contribution < -0.4 is 10.2 Å². The van der Waals surface area contributed by atoms with Gasteiger partial charge in [0.15, 0.2) is 0 Å². The topological polar surface area (TPSA) is 112 Å². The number of hydrogen-bond donors (Lipinski definition) is 1. The molecule has 0 aromatic heterocycles. The molecule has 10 heteroatoms. The predicted octanol–water partition coefficient (Wildman–Crippen LogP) is 4.21. The van der Waals surface area contributed by atoms with Gasteiger partial charge in [-0.2, -0.15) is 5.26 Å². The molecule has 2 fully saturated rings. The van der Waals surface area contributed by atoms with Crippen molar-refractivity contribution in [2.75, 3.05) is 43.0 Å². The third-order valence-electron chi connectivity index (χ3n) is 6.63. The van der Waals surface area contributed by atoms with E-state index in [1.807, 2.05) is 35.2 Å². The number of rotatable bonds is 7. The van der Waals surface area contributed by atoms with Crippen molar-refractivity contribution in [3.05, 3.63) is 63.2 Å². The number of hydrogen-bond acceptors (Lipinski definition) is 7. The number of anilines is 2. The Morgan fingerprint density at radius 1 is 1.11 bits per heavy atom. The molecule has 0 unspecified atom stereocenters. The largest absolute Gasteiger partial charge is 0.382 e. The van der Waals surface area contributed by atoms with Crippen LogP contribution in [0.5, 0.6) is 0 Å². The Morgan fingerprint density at radius 3 is 2.43 bits per heavy atom. The molecular formula is C25H28ClN5O4. The first-order chi connectivity index (χ1) is 16.9. The molecule has 0 radical (unpaired) electrons. The van der Waals surface area contributed by atoms with Crippen molar-refractivity contribution in [1.29, 1.82) is 5.26 Å². The van der Waals surface area contributed by atoms with Crippen LogP contribution in [0.2, 0.25) is 5.02 Å². The quantitative estimate of drug-likeness (QED) is 0.450. The molecule has 9 nitrogen and oxygen atoms in total. The molecule has 1 N–H and O–H groups in total. The van der Waals surface area contributed by atoms with Gasteiger partial charge < -0.3 is 19.9 Å². The van der Waals surface area contributed by atoms with E-state index < -0.39 is 4.92 Å². The van der Waals surface area contributed by atoms with Crippen molar-refractivity contribution < 1.29 is 14.5 Å². The van der Waals surface area contributed by atoms with E-state index in [0.717, 1.165) is 44.5 Å². The fraction of sp³-hybridized carbons (Fsp3) is 0.440. The standard InChI is InChI=1S/C25H28ClN5O4/c26-19-1-6-22(7-2-19)29-11-13-30(14-12-29)25(32)17-35-23-8-3-20(4-9-23)28-21-5-10-24(31(33)34)18(15-21)16-27/h1-2,5-7,10,15,20,23,28H,3-4,8-9,11-14,17H2/t20-,23-. The molecule has 2 aromatic carbocycles. The minimum Gasteiger partial charge on any atom is -0.382 e. The van der Waals surface area contributed by atoms with E-state index in [0.29, 0.717) is 23.8 Å². The summed E-state index contributed by atoms with van der Waals surface area (Å²) in [6.07, 6.45) is 3.41. The highest BCUT2D eigenvalue weighted by Crippen LogP contribution is 2.27. The number of nitrogens with one attached hydrogen (secondary N) is 1. The zero-order valence-electron chi connectivity index (χ0n) is 19.4. The lowest BCUT2D eigenvalue weighted by atomic mass is 9.92.